The van der Waals surface area contributed by atoms with Gasteiger partial charge in [-0.2, -0.15) is 0 Å². The monoisotopic (exact) mass is 211 g/mol. The predicted molar refractivity (Wildman–Crippen MR) is 67.9 cm³/mol. The molecule has 1 nitrogen and oxygen atoms in total. The molecule has 0 radical (unpaired) electrons. The normalized spacial score (nSPS) is 32.4. The van der Waals surface area contributed by atoms with E-state index < -0.39 is 0 Å². The van der Waals surface area contributed by atoms with E-state index in [1.165, 1.54) is 70.6 Å². The molecule has 0 heterocycles. The fourth-order valence-corrected chi connectivity index (χ4v) is 2.57. The largest absolute Gasteiger partial charge is 0.328 e. The lowest BCUT2D eigenvalue weighted by Crippen LogP contribution is -2.20. The Morgan fingerprint density at radius 3 is 1.87 bits per heavy atom. The SMILES string of the molecule is CC1CCCCCCCCCC(N)CC1. The Morgan fingerprint density at radius 2 is 1.20 bits per heavy atom. The second-order valence-electron chi connectivity index (χ2n) is 5.49. The summed E-state index contributed by atoms with van der Waals surface area (Å²) in [5.74, 6) is 0.900. The van der Waals surface area contributed by atoms with Crippen LogP contribution in [0.15, 0.2) is 0 Å². The van der Waals surface area contributed by atoms with Crippen molar-refractivity contribution < 1.29 is 0 Å². The number of nitrogens with two attached hydrogens (primary N) is 1. The first kappa shape index (κ1) is 13.0. The van der Waals surface area contributed by atoms with Crippen LogP contribution in [0.5, 0.6) is 0 Å². The maximum atomic E-state index is 6.12. The van der Waals surface area contributed by atoms with E-state index in [2.05, 4.69) is 6.92 Å². The van der Waals surface area contributed by atoms with Crippen LogP contribution in [0.2, 0.25) is 0 Å². The van der Waals surface area contributed by atoms with Gasteiger partial charge in [-0.05, 0) is 25.2 Å². The molecule has 0 aromatic rings. The molecule has 90 valence electrons. The Morgan fingerprint density at radius 1 is 0.667 bits per heavy atom. The molecule has 1 aliphatic rings. The minimum atomic E-state index is 0.480. The van der Waals surface area contributed by atoms with Crippen molar-refractivity contribution in [2.75, 3.05) is 0 Å². The second-order valence-corrected chi connectivity index (χ2v) is 5.49. The van der Waals surface area contributed by atoms with E-state index in [-0.39, 0.29) is 0 Å². The summed E-state index contributed by atoms with van der Waals surface area (Å²) < 4.78 is 0. The van der Waals surface area contributed by atoms with Crippen LogP contribution in [0.25, 0.3) is 0 Å². The fourth-order valence-electron chi connectivity index (χ4n) is 2.57. The minimum Gasteiger partial charge on any atom is -0.328 e. The molecule has 0 aliphatic heterocycles. The van der Waals surface area contributed by atoms with Crippen molar-refractivity contribution >= 4 is 0 Å². The molecule has 1 rings (SSSR count). The number of hydrogen-bond acceptors (Lipinski definition) is 1. The minimum absolute atomic E-state index is 0.480. The lowest BCUT2D eigenvalue weighted by atomic mass is 9.95. The number of hydrogen-bond donors (Lipinski definition) is 1. The van der Waals surface area contributed by atoms with Crippen LogP contribution in [0.3, 0.4) is 0 Å². The summed E-state index contributed by atoms with van der Waals surface area (Å²) in [4.78, 5) is 0. The molecule has 1 fully saturated rings. The molecule has 1 aliphatic carbocycles. The van der Waals surface area contributed by atoms with Crippen LogP contribution in [0, 0.1) is 5.92 Å². The summed E-state index contributed by atoms with van der Waals surface area (Å²) in [5.41, 5.74) is 6.12. The van der Waals surface area contributed by atoms with Gasteiger partial charge in [-0.3, -0.25) is 0 Å². The summed E-state index contributed by atoms with van der Waals surface area (Å²) in [6, 6.07) is 0.480. The lowest BCUT2D eigenvalue weighted by Gasteiger charge is -2.14. The molecule has 2 N–H and O–H groups in total. The first-order valence-corrected chi connectivity index (χ1v) is 7.04. The summed E-state index contributed by atoms with van der Waals surface area (Å²) >= 11 is 0. The van der Waals surface area contributed by atoms with Gasteiger partial charge in [0.15, 0.2) is 0 Å². The van der Waals surface area contributed by atoms with Crippen LogP contribution in [-0.2, 0) is 0 Å². The van der Waals surface area contributed by atoms with Crippen LogP contribution < -0.4 is 5.73 Å². The van der Waals surface area contributed by atoms with E-state index in [1.54, 1.807) is 0 Å². The van der Waals surface area contributed by atoms with Gasteiger partial charge in [-0.1, -0.05) is 58.3 Å². The highest BCUT2D eigenvalue weighted by atomic mass is 14.6. The maximum absolute atomic E-state index is 6.12. The first-order valence-electron chi connectivity index (χ1n) is 7.04. The van der Waals surface area contributed by atoms with Crippen LogP contribution in [0.1, 0.15) is 77.6 Å². The molecule has 1 saturated carbocycles. The Bertz CT molecular complexity index is 128. The van der Waals surface area contributed by atoms with Gasteiger partial charge in [-0.15, -0.1) is 0 Å². The van der Waals surface area contributed by atoms with Crippen molar-refractivity contribution in [2.24, 2.45) is 11.7 Å². The average Bonchev–Trinajstić information content (AvgIpc) is 2.24. The van der Waals surface area contributed by atoms with Crippen molar-refractivity contribution in [2.45, 2.75) is 83.6 Å². The zero-order valence-corrected chi connectivity index (χ0v) is 10.5. The van der Waals surface area contributed by atoms with Crippen LogP contribution in [-0.4, -0.2) is 6.04 Å². The average molecular weight is 211 g/mol. The van der Waals surface area contributed by atoms with Crippen LogP contribution >= 0.6 is 0 Å². The van der Waals surface area contributed by atoms with Gasteiger partial charge in [0.05, 0.1) is 0 Å². The van der Waals surface area contributed by atoms with Gasteiger partial charge in [0.1, 0.15) is 0 Å². The molecule has 15 heavy (non-hydrogen) atoms. The molecule has 2 atom stereocenters. The molecule has 0 aromatic heterocycles. The van der Waals surface area contributed by atoms with E-state index >= 15 is 0 Å². The van der Waals surface area contributed by atoms with Gasteiger partial charge >= 0.3 is 0 Å². The maximum Gasteiger partial charge on any atom is 0.00389 e. The van der Waals surface area contributed by atoms with E-state index in [4.69, 9.17) is 5.73 Å². The first-order chi connectivity index (χ1) is 7.29. The quantitative estimate of drug-likeness (QED) is 0.636. The summed E-state index contributed by atoms with van der Waals surface area (Å²) in [5, 5.41) is 0. The van der Waals surface area contributed by atoms with Gasteiger partial charge in [0, 0.05) is 6.04 Å². The van der Waals surface area contributed by atoms with E-state index in [9.17, 15) is 0 Å². The molecule has 0 bridgehead atoms. The summed E-state index contributed by atoms with van der Waals surface area (Å²) in [6.07, 6.45) is 15.3. The van der Waals surface area contributed by atoms with Crippen LogP contribution in [0.4, 0.5) is 0 Å². The summed E-state index contributed by atoms with van der Waals surface area (Å²) in [7, 11) is 0. The molecular weight excluding hydrogens is 182 g/mol. The smallest absolute Gasteiger partial charge is 0.00389 e. The molecule has 0 amide bonds. The second kappa shape index (κ2) is 8.15. The third-order valence-electron chi connectivity index (χ3n) is 3.80. The Labute approximate surface area is 95.8 Å². The van der Waals surface area contributed by atoms with Crippen molar-refractivity contribution in [3.05, 3.63) is 0 Å². The fraction of sp³-hybridized carbons (Fsp3) is 1.00. The molecule has 1 heteroatoms. The predicted octanol–water partition coefficient (Wildman–Crippen LogP) is 4.25. The van der Waals surface area contributed by atoms with Gasteiger partial charge in [-0.25, -0.2) is 0 Å². The van der Waals surface area contributed by atoms with Crippen molar-refractivity contribution in [1.82, 2.24) is 0 Å². The van der Waals surface area contributed by atoms with Gasteiger partial charge in [0.2, 0.25) is 0 Å². The Balaban J connectivity index is 2.22. The highest BCUT2D eigenvalue weighted by molar-refractivity contribution is 4.65. The van der Waals surface area contributed by atoms with Gasteiger partial charge in [0.25, 0.3) is 0 Å². The zero-order valence-electron chi connectivity index (χ0n) is 10.5. The zero-order chi connectivity index (χ0) is 10.9. The van der Waals surface area contributed by atoms with Crippen molar-refractivity contribution in [1.29, 1.82) is 0 Å². The topological polar surface area (TPSA) is 26.0 Å². The molecule has 0 saturated heterocycles. The lowest BCUT2D eigenvalue weighted by molar-refractivity contribution is 0.417. The number of rotatable bonds is 0. The Kier molecular flexibility index (Phi) is 7.08. The van der Waals surface area contributed by atoms with E-state index in [0.717, 1.165) is 5.92 Å². The third-order valence-corrected chi connectivity index (χ3v) is 3.80. The molecule has 0 spiro atoms. The van der Waals surface area contributed by atoms with Crippen molar-refractivity contribution in [3.63, 3.8) is 0 Å². The molecule has 0 aromatic carbocycles. The van der Waals surface area contributed by atoms with Gasteiger partial charge < -0.3 is 5.73 Å². The third kappa shape index (κ3) is 6.94. The molecular formula is C14H29N. The molecule has 2 unspecified atom stereocenters. The Hall–Kier alpha value is -0.0400. The van der Waals surface area contributed by atoms with Crippen molar-refractivity contribution in [3.8, 4) is 0 Å². The standard InChI is InChI=1S/C14H29N/c1-13-9-7-5-3-2-4-6-8-10-14(15)12-11-13/h13-14H,2-12,15H2,1H3. The highest BCUT2D eigenvalue weighted by Gasteiger charge is 2.07. The highest BCUT2D eigenvalue weighted by Crippen LogP contribution is 2.19. The summed E-state index contributed by atoms with van der Waals surface area (Å²) in [6.45, 7) is 2.40. The van der Waals surface area contributed by atoms with E-state index in [0.29, 0.717) is 6.04 Å². The van der Waals surface area contributed by atoms with E-state index in [1.807, 2.05) is 0 Å².